The molecule has 0 atom stereocenters. The van der Waals surface area contributed by atoms with Gasteiger partial charge in [-0.25, -0.2) is 0 Å². The van der Waals surface area contributed by atoms with Crippen LogP contribution in [0.4, 0.5) is 0 Å². The summed E-state index contributed by atoms with van der Waals surface area (Å²) in [5.41, 5.74) is 0. The minimum atomic E-state index is -1.22. The van der Waals surface area contributed by atoms with E-state index in [0.29, 0.717) is 0 Å². The molecule has 0 aromatic carbocycles. The molecule has 0 saturated heterocycles. The van der Waals surface area contributed by atoms with E-state index in [1.165, 1.54) is 25.7 Å². The molecule has 0 heterocycles. The molecule has 0 saturated carbocycles. The zero-order valence-electron chi connectivity index (χ0n) is 7.32. The average Bonchev–Trinajstić information content (AvgIpc) is 1.94. The molecule has 3 heteroatoms. The van der Waals surface area contributed by atoms with Gasteiger partial charge < -0.3 is 0 Å². The van der Waals surface area contributed by atoms with Crippen LogP contribution in [0.1, 0.15) is 39.0 Å². The third kappa shape index (κ3) is 10.6. The Morgan fingerprint density at radius 3 is 2.25 bits per heavy atom. The third-order valence-electron chi connectivity index (χ3n) is 1.53. The summed E-state index contributed by atoms with van der Waals surface area (Å²) in [4.78, 5) is 0. The predicted octanol–water partition coefficient (Wildman–Crippen LogP) is 4.88. The van der Waals surface area contributed by atoms with Crippen LogP contribution in [0.25, 0.3) is 0 Å². The van der Waals surface area contributed by atoms with Gasteiger partial charge in [0, 0.05) is 0 Å². The second-order valence-corrected chi connectivity index (χ2v) is 5.16. The van der Waals surface area contributed by atoms with E-state index >= 15 is 0 Å². The molecule has 0 aliphatic rings. The van der Waals surface area contributed by atoms with E-state index in [0.717, 1.165) is 6.42 Å². The molecular formula is C9H15Cl3. The molecule has 0 fully saturated rings. The van der Waals surface area contributed by atoms with Crippen LogP contribution in [0.3, 0.4) is 0 Å². The lowest BCUT2D eigenvalue weighted by atomic mass is 10.1. The Bertz CT molecular complexity index is 124. The summed E-state index contributed by atoms with van der Waals surface area (Å²) in [7, 11) is 0. The van der Waals surface area contributed by atoms with Crippen molar-refractivity contribution in [2.45, 2.75) is 42.8 Å². The Labute approximate surface area is 89.9 Å². The van der Waals surface area contributed by atoms with E-state index in [4.69, 9.17) is 34.8 Å². The van der Waals surface area contributed by atoms with Gasteiger partial charge in [0.05, 0.1) is 0 Å². The van der Waals surface area contributed by atoms with Crippen LogP contribution >= 0.6 is 34.8 Å². The van der Waals surface area contributed by atoms with Gasteiger partial charge >= 0.3 is 0 Å². The molecule has 0 rings (SSSR count). The van der Waals surface area contributed by atoms with E-state index in [1.807, 2.05) is 6.08 Å². The van der Waals surface area contributed by atoms with Crippen LogP contribution < -0.4 is 0 Å². The van der Waals surface area contributed by atoms with Crippen LogP contribution in [0.15, 0.2) is 12.2 Å². The first-order valence-corrected chi connectivity index (χ1v) is 5.44. The smallest absolute Gasteiger partial charge is 0.0843 e. The first-order chi connectivity index (χ1) is 5.56. The zero-order chi connectivity index (χ0) is 9.45. The monoisotopic (exact) mass is 228 g/mol. The van der Waals surface area contributed by atoms with Gasteiger partial charge in [-0.1, -0.05) is 67.1 Å². The fraction of sp³-hybridized carbons (Fsp3) is 0.778. The van der Waals surface area contributed by atoms with Gasteiger partial charge in [0.25, 0.3) is 0 Å². The Hall–Kier alpha value is 0.610. The highest BCUT2D eigenvalue weighted by atomic mass is 35.6. The Morgan fingerprint density at radius 2 is 1.75 bits per heavy atom. The summed E-state index contributed by atoms with van der Waals surface area (Å²) in [5.74, 6) is 0. The SMILES string of the molecule is CCCCCC/C=C/C(Cl)(Cl)Cl. The van der Waals surface area contributed by atoms with Crippen molar-refractivity contribution in [3.63, 3.8) is 0 Å². The lowest BCUT2D eigenvalue weighted by Gasteiger charge is -2.01. The molecule has 0 amide bonds. The van der Waals surface area contributed by atoms with Crippen LogP contribution in [-0.4, -0.2) is 3.79 Å². The first-order valence-electron chi connectivity index (χ1n) is 4.30. The summed E-state index contributed by atoms with van der Waals surface area (Å²) in [6.07, 6.45) is 9.56. The molecule has 0 aromatic rings. The predicted molar refractivity (Wildman–Crippen MR) is 58.2 cm³/mol. The normalized spacial score (nSPS) is 12.7. The maximum atomic E-state index is 5.52. The molecule has 0 nitrogen and oxygen atoms in total. The fourth-order valence-electron chi connectivity index (χ4n) is 0.906. The first kappa shape index (κ1) is 12.6. The van der Waals surface area contributed by atoms with Gasteiger partial charge in [0.15, 0.2) is 0 Å². The van der Waals surface area contributed by atoms with Gasteiger partial charge in [-0.2, -0.15) is 0 Å². The van der Waals surface area contributed by atoms with Crippen molar-refractivity contribution >= 4 is 34.8 Å². The summed E-state index contributed by atoms with van der Waals surface area (Å²) in [6.45, 7) is 2.19. The number of rotatable bonds is 5. The average molecular weight is 230 g/mol. The van der Waals surface area contributed by atoms with Crippen molar-refractivity contribution in [3.8, 4) is 0 Å². The molecule has 0 aliphatic carbocycles. The van der Waals surface area contributed by atoms with Gasteiger partial charge in [0.2, 0.25) is 3.79 Å². The molecule has 0 N–H and O–H groups in total. The molecule has 0 aromatic heterocycles. The maximum Gasteiger partial charge on any atom is 0.209 e. The zero-order valence-corrected chi connectivity index (χ0v) is 9.59. The Balaban J connectivity index is 3.25. The number of allylic oxidation sites excluding steroid dienone is 2. The summed E-state index contributed by atoms with van der Waals surface area (Å²) >= 11 is 16.6. The van der Waals surface area contributed by atoms with Crippen LogP contribution in [-0.2, 0) is 0 Å². The van der Waals surface area contributed by atoms with E-state index in [9.17, 15) is 0 Å². The topological polar surface area (TPSA) is 0 Å². The third-order valence-corrected chi connectivity index (χ3v) is 1.91. The van der Waals surface area contributed by atoms with E-state index in [1.54, 1.807) is 6.08 Å². The van der Waals surface area contributed by atoms with Crippen molar-refractivity contribution < 1.29 is 0 Å². The molecule has 12 heavy (non-hydrogen) atoms. The standard InChI is InChI=1S/C9H15Cl3/c1-2-3-4-5-6-7-8-9(10,11)12/h7-8H,2-6H2,1H3/b8-7+. The van der Waals surface area contributed by atoms with Gasteiger partial charge in [-0.05, 0) is 18.9 Å². The van der Waals surface area contributed by atoms with Crippen molar-refractivity contribution in [1.29, 1.82) is 0 Å². The van der Waals surface area contributed by atoms with Gasteiger partial charge in [0.1, 0.15) is 0 Å². The quantitative estimate of drug-likeness (QED) is 0.358. The molecule has 0 unspecified atom stereocenters. The Kier molecular flexibility index (Phi) is 7.41. The highest BCUT2D eigenvalue weighted by molar-refractivity contribution is 6.68. The molecule has 0 radical (unpaired) electrons. The fourth-order valence-corrected chi connectivity index (χ4v) is 1.17. The van der Waals surface area contributed by atoms with Crippen LogP contribution in [0.2, 0.25) is 0 Å². The molecule has 0 spiro atoms. The minimum Gasteiger partial charge on any atom is -0.0843 e. The van der Waals surface area contributed by atoms with E-state index in [-0.39, 0.29) is 0 Å². The second kappa shape index (κ2) is 7.06. The highest BCUT2D eigenvalue weighted by Crippen LogP contribution is 2.27. The van der Waals surface area contributed by atoms with Gasteiger partial charge in [-0.3, -0.25) is 0 Å². The summed E-state index contributed by atoms with van der Waals surface area (Å²) in [5, 5.41) is 0. The molecule has 0 aliphatic heterocycles. The van der Waals surface area contributed by atoms with Crippen molar-refractivity contribution in [2.75, 3.05) is 0 Å². The van der Waals surface area contributed by atoms with E-state index in [2.05, 4.69) is 6.92 Å². The number of unbranched alkanes of at least 4 members (excludes halogenated alkanes) is 4. The highest BCUT2D eigenvalue weighted by Gasteiger charge is 2.12. The van der Waals surface area contributed by atoms with Crippen LogP contribution in [0.5, 0.6) is 0 Å². The molecule has 0 bridgehead atoms. The van der Waals surface area contributed by atoms with E-state index < -0.39 is 3.79 Å². The largest absolute Gasteiger partial charge is 0.209 e. The maximum absolute atomic E-state index is 5.52. The Morgan fingerprint density at radius 1 is 1.08 bits per heavy atom. The number of alkyl halides is 3. The number of halogens is 3. The van der Waals surface area contributed by atoms with Crippen molar-refractivity contribution in [2.24, 2.45) is 0 Å². The lowest BCUT2D eigenvalue weighted by molar-refractivity contribution is 0.674. The minimum absolute atomic E-state index is 1.01. The second-order valence-electron chi connectivity index (χ2n) is 2.79. The number of hydrogen-bond donors (Lipinski definition) is 0. The van der Waals surface area contributed by atoms with Crippen LogP contribution in [0, 0.1) is 0 Å². The van der Waals surface area contributed by atoms with Crippen molar-refractivity contribution in [3.05, 3.63) is 12.2 Å². The molecular weight excluding hydrogens is 214 g/mol. The van der Waals surface area contributed by atoms with Crippen molar-refractivity contribution in [1.82, 2.24) is 0 Å². The summed E-state index contributed by atoms with van der Waals surface area (Å²) in [6, 6.07) is 0. The number of hydrogen-bond acceptors (Lipinski definition) is 0. The lowest BCUT2D eigenvalue weighted by Crippen LogP contribution is -1.93. The summed E-state index contributed by atoms with van der Waals surface area (Å²) < 4.78 is -1.22. The van der Waals surface area contributed by atoms with Gasteiger partial charge in [-0.15, -0.1) is 0 Å². The molecule has 72 valence electrons.